The monoisotopic (exact) mass is 447 g/mol. The van der Waals surface area contributed by atoms with Crippen molar-refractivity contribution in [1.29, 1.82) is 0 Å². The summed E-state index contributed by atoms with van der Waals surface area (Å²) >= 11 is 0. The molecule has 3 rings (SSSR count). The van der Waals surface area contributed by atoms with Crippen molar-refractivity contribution in [2.24, 2.45) is 5.73 Å². The van der Waals surface area contributed by atoms with Gasteiger partial charge in [-0.3, -0.25) is 10.6 Å². The molecule has 0 spiro atoms. The van der Waals surface area contributed by atoms with E-state index in [0.717, 1.165) is 10.5 Å². The minimum atomic E-state index is -1.95. The molecular formula is C22H29N3O7. The molecule has 1 saturated heterocycles. The molecule has 2 aliphatic heterocycles. The van der Waals surface area contributed by atoms with Crippen molar-refractivity contribution in [3.05, 3.63) is 60.3 Å². The fourth-order valence-corrected chi connectivity index (χ4v) is 3.45. The second kappa shape index (κ2) is 10.2. The van der Waals surface area contributed by atoms with Crippen LogP contribution in [0.4, 0.5) is 4.79 Å². The number of aliphatic hydroxyl groups excluding tert-OH is 2. The predicted octanol–water partition coefficient (Wildman–Crippen LogP) is 0.353. The Morgan fingerprint density at radius 1 is 1.31 bits per heavy atom. The molecule has 2 aliphatic rings. The van der Waals surface area contributed by atoms with Gasteiger partial charge in [-0.05, 0) is 12.5 Å². The maximum absolute atomic E-state index is 12.7. The Morgan fingerprint density at radius 3 is 2.66 bits per heavy atom. The highest BCUT2D eigenvalue weighted by Gasteiger charge is 2.50. The van der Waals surface area contributed by atoms with Crippen LogP contribution in [0, 0.1) is 0 Å². The standard InChI is InChI=1S/C22H29N3O7/c1-3-16-12-25(19-18(27)17(26)14(2)32-19)21(29)24-22(16,23)20(28)31-11-7-10-30-13-15-8-5-4-6-9-15/h3-6,8-9,12,14,17-19,26-27H,1,7,10-11,13,23H2,2H3,(H,24,29)/t14-,17-,18-,19-,22?/m1/s1. The van der Waals surface area contributed by atoms with E-state index in [-0.39, 0.29) is 12.2 Å². The van der Waals surface area contributed by atoms with Crippen LogP contribution >= 0.6 is 0 Å². The van der Waals surface area contributed by atoms with Gasteiger partial charge in [-0.25, -0.2) is 9.59 Å². The van der Waals surface area contributed by atoms with E-state index in [0.29, 0.717) is 19.6 Å². The average Bonchev–Trinajstić information content (AvgIpc) is 3.04. The van der Waals surface area contributed by atoms with Crippen LogP contribution in [0.5, 0.6) is 0 Å². The van der Waals surface area contributed by atoms with Crippen molar-refractivity contribution in [3.8, 4) is 0 Å². The first-order valence-corrected chi connectivity index (χ1v) is 10.3. The lowest BCUT2D eigenvalue weighted by Gasteiger charge is -2.39. The van der Waals surface area contributed by atoms with Gasteiger partial charge in [0.25, 0.3) is 0 Å². The van der Waals surface area contributed by atoms with Crippen LogP contribution in [-0.4, -0.2) is 70.5 Å². The molecule has 1 fully saturated rings. The molecule has 1 aromatic rings. The summed E-state index contributed by atoms with van der Waals surface area (Å²) in [5.74, 6) is -0.860. The highest BCUT2D eigenvalue weighted by Crippen LogP contribution is 2.29. The van der Waals surface area contributed by atoms with Gasteiger partial charge in [0.1, 0.15) is 12.2 Å². The summed E-state index contributed by atoms with van der Waals surface area (Å²) in [6.07, 6.45) is -1.30. The zero-order valence-corrected chi connectivity index (χ0v) is 17.8. The number of hydrogen-bond donors (Lipinski definition) is 4. The number of rotatable bonds is 9. The Morgan fingerprint density at radius 2 is 2.03 bits per heavy atom. The van der Waals surface area contributed by atoms with Crippen molar-refractivity contribution in [2.45, 2.75) is 50.2 Å². The molecule has 10 heteroatoms. The largest absolute Gasteiger partial charge is 0.463 e. The summed E-state index contributed by atoms with van der Waals surface area (Å²) in [6.45, 7) is 6.09. The molecule has 174 valence electrons. The van der Waals surface area contributed by atoms with Crippen LogP contribution in [0.3, 0.4) is 0 Å². The van der Waals surface area contributed by atoms with Crippen molar-refractivity contribution in [2.75, 3.05) is 13.2 Å². The summed E-state index contributed by atoms with van der Waals surface area (Å²) in [5, 5.41) is 22.5. The average molecular weight is 447 g/mol. The van der Waals surface area contributed by atoms with E-state index in [1.54, 1.807) is 6.92 Å². The number of nitrogens with two attached hydrogens (primary N) is 1. The van der Waals surface area contributed by atoms with Crippen LogP contribution in [-0.2, 0) is 25.6 Å². The van der Waals surface area contributed by atoms with Crippen molar-refractivity contribution in [3.63, 3.8) is 0 Å². The molecule has 1 unspecified atom stereocenters. The lowest BCUT2D eigenvalue weighted by Crippen LogP contribution is -2.68. The highest BCUT2D eigenvalue weighted by atomic mass is 16.6. The maximum atomic E-state index is 12.7. The number of carbonyl (C=O) groups is 2. The van der Waals surface area contributed by atoms with Crippen molar-refractivity contribution >= 4 is 12.0 Å². The first kappa shape index (κ1) is 23.9. The molecule has 0 saturated carbocycles. The van der Waals surface area contributed by atoms with E-state index in [1.807, 2.05) is 30.3 Å². The van der Waals surface area contributed by atoms with Gasteiger partial charge in [0.15, 0.2) is 6.23 Å². The Hall–Kier alpha value is -2.76. The molecule has 0 radical (unpaired) electrons. The number of aliphatic hydroxyl groups is 2. The maximum Gasteiger partial charge on any atom is 0.351 e. The van der Waals surface area contributed by atoms with Crippen LogP contribution < -0.4 is 11.1 Å². The van der Waals surface area contributed by atoms with E-state index in [4.69, 9.17) is 19.9 Å². The van der Waals surface area contributed by atoms with Crippen LogP contribution in [0.25, 0.3) is 0 Å². The predicted molar refractivity (Wildman–Crippen MR) is 114 cm³/mol. The molecule has 5 atom stereocenters. The number of hydrogen-bond acceptors (Lipinski definition) is 8. The second-order valence-corrected chi connectivity index (χ2v) is 7.67. The van der Waals surface area contributed by atoms with Crippen LogP contribution in [0.1, 0.15) is 18.9 Å². The van der Waals surface area contributed by atoms with Crippen molar-refractivity contribution < 1.29 is 34.0 Å². The number of esters is 1. The Bertz CT molecular complexity index is 862. The number of nitrogens with zero attached hydrogens (tertiary/aromatic N) is 1. The smallest absolute Gasteiger partial charge is 0.351 e. The minimum Gasteiger partial charge on any atom is -0.463 e. The number of urea groups is 1. The molecule has 2 amide bonds. The van der Waals surface area contributed by atoms with E-state index in [2.05, 4.69) is 11.9 Å². The Kier molecular flexibility index (Phi) is 7.64. The molecule has 5 N–H and O–H groups in total. The van der Waals surface area contributed by atoms with E-state index in [9.17, 15) is 19.8 Å². The summed E-state index contributed by atoms with van der Waals surface area (Å²) in [7, 11) is 0. The quantitative estimate of drug-likeness (QED) is 0.314. The molecule has 0 bridgehead atoms. The summed E-state index contributed by atoms with van der Waals surface area (Å²) in [5.41, 5.74) is 5.39. The normalized spacial score (nSPS) is 29.9. The molecule has 10 nitrogen and oxygen atoms in total. The van der Waals surface area contributed by atoms with Gasteiger partial charge < -0.3 is 29.7 Å². The van der Waals surface area contributed by atoms with Gasteiger partial charge in [0, 0.05) is 18.2 Å². The van der Waals surface area contributed by atoms with Gasteiger partial charge in [0.2, 0.25) is 5.66 Å². The number of carbonyl (C=O) groups excluding carboxylic acids is 2. The summed E-state index contributed by atoms with van der Waals surface area (Å²) in [4.78, 5) is 26.3. The van der Waals surface area contributed by atoms with Crippen LogP contribution in [0.2, 0.25) is 0 Å². The van der Waals surface area contributed by atoms with Gasteiger partial charge >= 0.3 is 12.0 Å². The van der Waals surface area contributed by atoms with Crippen LogP contribution in [0.15, 0.2) is 54.8 Å². The third-order valence-electron chi connectivity index (χ3n) is 5.34. The van der Waals surface area contributed by atoms with Gasteiger partial charge in [0.05, 0.1) is 25.9 Å². The topological polar surface area (TPSA) is 144 Å². The number of nitrogens with one attached hydrogen (secondary N) is 1. The zero-order chi connectivity index (χ0) is 23.3. The van der Waals surface area contributed by atoms with E-state index >= 15 is 0 Å². The van der Waals surface area contributed by atoms with Crippen molar-refractivity contribution in [1.82, 2.24) is 10.2 Å². The van der Waals surface area contributed by atoms with Gasteiger partial charge in [-0.2, -0.15) is 0 Å². The second-order valence-electron chi connectivity index (χ2n) is 7.67. The lowest BCUT2D eigenvalue weighted by atomic mass is 9.99. The third-order valence-corrected chi connectivity index (χ3v) is 5.34. The summed E-state index contributed by atoms with van der Waals surface area (Å²) in [6, 6.07) is 8.89. The van der Waals surface area contributed by atoms with Gasteiger partial charge in [-0.1, -0.05) is 43.0 Å². The fraction of sp³-hybridized carbons (Fsp3) is 0.455. The third kappa shape index (κ3) is 5.00. The first-order valence-electron chi connectivity index (χ1n) is 10.3. The Labute approximate surface area is 186 Å². The number of amides is 2. The lowest BCUT2D eigenvalue weighted by molar-refractivity contribution is -0.150. The van der Waals surface area contributed by atoms with Gasteiger partial charge in [-0.15, -0.1) is 0 Å². The minimum absolute atomic E-state index is 0.0464. The molecule has 32 heavy (non-hydrogen) atoms. The first-order chi connectivity index (χ1) is 15.3. The number of ether oxygens (including phenoxy) is 3. The Balaban J connectivity index is 1.55. The SMILES string of the molecule is C=CC1=CN([C@@H]2O[C@H](C)[C@@H](O)[C@H]2O)C(=O)NC1(N)C(=O)OCCCOCc1ccccc1. The fourth-order valence-electron chi connectivity index (χ4n) is 3.45. The molecule has 2 heterocycles. The number of benzene rings is 1. The van der Waals surface area contributed by atoms with E-state index < -0.39 is 42.2 Å². The zero-order valence-electron chi connectivity index (χ0n) is 17.8. The summed E-state index contributed by atoms with van der Waals surface area (Å²) < 4.78 is 16.3. The molecule has 0 aromatic heterocycles. The van der Waals surface area contributed by atoms with E-state index in [1.165, 1.54) is 12.3 Å². The molecule has 0 aliphatic carbocycles. The molecule has 1 aromatic carbocycles. The molecular weight excluding hydrogens is 418 g/mol. The highest BCUT2D eigenvalue weighted by molar-refractivity contribution is 5.93.